The fraction of sp³-hybridized carbons (Fsp3) is 0.385. The molecule has 11 heteroatoms. The van der Waals surface area contributed by atoms with Crippen LogP contribution in [-0.4, -0.2) is 72.9 Å². The van der Waals surface area contributed by atoms with Gasteiger partial charge in [0.1, 0.15) is 17.7 Å². The van der Waals surface area contributed by atoms with Gasteiger partial charge in [-0.05, 0) is 36.2 Å². The lowest BCUT2D eigenvalue weighted by molar-refractivity contribution is -0.142. The molecule has 1 fully saturated rings. The third kappa shape index (κ3) is 5.88. The van der Waals surface area contributed by atoms with Crippen molar-refractivity contribution in [3.63, 3.8) is 0 Å². The van der Waals surface area contributed by atoms with Gasteiger partial charge in [-0.15, -0.1) is 0 Å². The maximum Gasteiger partial charge on any atom is 0.328 e. The number of nitriles is 1. The van der Waals surface area contributed by atoms with Crippen molar-refractivity contribution < 1.29 is 17.9 Å². The quantitative estimate of drug-likeness (QED) is 0.444. The first kappa shape index (κ1) is 26.5. The maximum atomic E-state index is 13.1. The number of rotatable bonds is 8. The summed E-state index contributed by atoms with van der Waals surface area (Å²) in [6.45, 7) is 5.94. The molecular weight excluding hydrogens is 492 g/mol. The summed E-state index contributed by atoms with van der Waals surface area (Å²) in [4.78, 5) is 24.0. The van der Waals surface area contributed by atoms with Gasteiger partial charge in [-0.1, -0.05) is 32.0 Å². The molecule has 0 radical (unpaired) electrons. The highest BCUT2D eigenvalue weighted by Crippen LogP contribution is 2.24. The number of benzene rings is 2. The molecule has 2 aromatic carbocycles. The molecule has 0 spiro atoms. The molecule has 0 bridgehead atoms. The number of esters is 1. The number of nitrogens with one attached hydrogen (secondary N) is 1. The third-order valence-corrected chi connectivity index (χ3v) is 8.26. The van der Waals surface area contributed by atoms with E-state index in [2.05, 4.69) is 10.2 Å². The number of methoxy groups -OCH3 is 1. The van der Waals surface area contributed by atoms with Crippen LogP contribution in [0.1, 0.15) is 25.2 Å². The molecule has 1 N–H and O–H groups in total. The van der Waals surface area contributed by atoms with E-state index in [0.29, 0.717) is 49.9 Å². The number of carbonyl (C=O) groups is 1. The van der Waals surface area contributed by atoms with E-state index in [4.69, 9.17) is 20.0 Å². The number of sulfonamides is 1. The van der Waals surface area contributed by atoms with Crippen LogP contribution in [0.25, 0.3) is 10.9 Å². The second-order valence-corrected chi connectivity index (χ2v) is 11.2. The number of fused-ring (bicyclic) bond motifs is 1. The summed E-state index contributed by atoms with van der Waals surface area (Å²) in [6.07, 6.45) is 0. The lowest BCUT2D eigenvalue weighted by atomic mass is 10.0. The van der Waals surface area contributed by atoms with Gasteiger partial charge in [0, 0.05) is 31.6 Å². The van der Waals surface area contributed by atoms with Crippen LogP contribution >= 0.6 is 0 Å². The summed E-state index contributed by atoms with van der Waals surface area (Å²) in [7, 11) is -2.32. The lowest BCUT2D eigenvalue weighted by Gasteiger charge is -2.33. The van der Waals surface area contributed by atoms with Crippen LogP contribution in [0.15, 0.2) is 53.4 Å². The summed E-state index contributed by atoms with van der Waals surface area (Å²) >= 11 is 0. The highest BCUT2D eigenvalue weighted by Gasteiger charge is 2.29. The zero-order valence-electron chi connectivity index (χ0n) is 21.1. The number of para-hydroxylation sites is 1. The number of aromatic nitrogens is 2. The Morgan fingerprint density at radius 3 is 2.51 bits per heavy atom. The minimum atomic E-state index is -3.69. The van der Waals surface area contributed by atoms with Crippen molar-refractivity contribution in [2.75, 3.05) is 38.6 Å². The Balaban J connectivity index is 1.50. The van der Waals surface area contributed by atoms with E-state index in [1.165, 1.54) is 23.5 Å². The summed E-state index contributed by atoms with van der Waals surface area (Å²) in [6, 6.07) is 15.1. The average Bonchev–Trinajstić information content (AvgIpc) is 2.91. The third-order valence-electron chi connectivity index (χ3n) is 6.36. The van der Waals surface area contributed by atoms with Crippen LogP contribution in [0.2, 0.25) is 0 Å². The van der Waals surface area contributed by atoms with E-state index in [1.54, 1.807) is 12.1 Å². The van der Waals surface area contributed by atoms with Crippen LogP contribution in [0.3, 0.4) is 0 Å². The summed E-state index contributed by atoms with van der Waals surface area (Å²) in [5, 5.41) is 13.2. The molecule has 37 heavy (non-hydrogen) atoms. The highest BCUT2D eigenvalue weighted by atomic mass is 32.2. The molecule has 4 rings (SSSR count). The van der Waals surface area contributed by atoms with Gasteiger partial charge in [-0.2, -0.15) is 9.57 Å². The molecule has 0 amide bonds. The van der Waals surface area contributed by atoms with Gasteiger partial charge in [0.05, 0.1) is 35.7 Å². The molecule has 1 atom stereocenters. The zero-order valence-corrected chi connectivity index (χ0v) is 21.9. The van der Waals surface area contributed by atoms with Crippen LogP contribution < -0.4 is 5.32 Å². The minimum absolute atomic E-state index is 0.0199. The highest BCUT2D eigenvalue weighted by molar-refractivity contribution is 7.89. The van der Waals surface area contributed by atoms with Gasteiger partial charge in [-0.25, -0.2) is 23.2 Å². The zero-order chi connectivity index (χ0) is 26.6. The largest absolute Gasteiger partial charge is 0.467 e. The summed E-state index contributed by atoms with van der Waals surface area (Å²) in [5.41, 5.74) is 1.06. The second kappa shape index (κ2) is 11.2. The number of hydrogen-bond donors (Lipinski definition) is 1. The smallest absolute Gasteiger partial charge is 0.328 e. The number of ether oxygens (including phenoxy) is 1. The molecule has 194 valence electrons. The topological polar surface area (TPSA) is 129 Å². The molecule has 3 aromatic rings. The Bertz CT molecular complexity index is 1430. The Hall–Kier alpha value is -3.59. The number of carbonyl (C=O) groups excluding carboxylic acids is 1. The van der Waals surface area contributed by atoms with Gasteiger partial charge in [0.2, 0.25) is 10.0 Å². The number of nitrogens with zero attached hydrogens (tertiary/aromatic N) is 5. The van der Waals surface area contributed by atoms with Crippen molar-refractivity contribution in [2.24, 2.45) is 5.92 Å². The average molecular weight is 523 g/mol. The predicted molar refractivity (Wildman–Crippen MR) is 139 cm³/mol. The number of piperazine rings is 1. The van der Waals surface area contributed by atoms with E-state index in [0.717, 1.165) is 10.9 Å². The van der Waals surface area contributed by atoms with Crippen molar-refractivity contribution >= 4 is 32.7 Å². The lowest BCUT2D eigenvalue weighted by Crippen LogP contribution is -2.48. The van der Waals surface area contributed by atoms with E-state index < -0.39 is 16.1 Å². The Morgan fingerprint density at radius 1 is 1.11 bits per heavy atom. The van der Waals surface area contributed by atoms with Crippen molar-refractivity contribution in [3.05, 3.63) is 59.9 Å². The molecular formula is C26H30N6O4S. The fourth-order valence-electron chi connectivity index (χ4n) is 4.28. The first-order valence-corrected chi connectivity index (χ1v) is 13.5. The summed E-state index contributed by atoms with van der Waals surface area (Å²) < 4.78 is 32.6. The molecule has 1 aromatic heterocycles. The van der Waals surface area contributed by atoms with Crippen LogP contribution in [-0.2, 0) is 26.1 Å². The fourth-order valence-corrected chi connectivity index (χ4v) is 5.75. The van der Waals surface area contributed by atoms with Crippen molar-refractivity contribution in [1.29, 1.82) is 5.26 Å². The van der Waals surface area contributed by atoms with Crippen LogP contribution in [0.4, 0.5) is 5.82 Å². The molecule has 1 aliphatic rings. The molecule has 1 saturated heterocycles. The van der Waals surface area contributed by atoms with E-state index >= 15 is 0 Å². The van der Waals surface area contributed by atoms with E-state index in [-0.39, 0.29) is 16.8 Å². The second-order valence-electron chi connectivity index (χ2n) is 9.21. The van der Waals surface area contributed by atoms with Gasteiger partial charge < -0.3 is 10.1 Å². The van der Waals surface area contributed by atoms with Gasteiger partial charge in [-0.3, -0.25) is 4.90 Å². The van der Waals surface area contributed by atoms with Gasteiger partial charge in [0.25, 0.3) is 0 Å². The first-order chi connectivity index (χ1) is 17.7. The number of anilines is 1. The monoisotopic (exact) mass is 522 g/mol. The van der Waals surface area contributed by atoms with E-state index in [1.807, 2.05) is 44.2 Å². The van der Waals surface area contributed by atoms with E-state index in [9.17, 15) is 13.2 Å². The summed E-state index contributed by atoms with van der Waals surface area (Å²) in [5.74, 6) is 0.750. The molecule has 0 aliphatic carbocycles. The predicted octanol–water partition coefficient (Wildman–Crippen LogP) is 2.62. The van der Waals surface area contributed by atoms with Gasteiger partial charge >= 0.3 is 5.97 Å². The Morgan fingerprint density at radius 2 is 1.84 bits per heavy atom. The van der Waals surface area contributed by atoms with Crippen molar-refractivity contribution in [1.82, 2.24) is 19.2 Å². The number of hydrogen-bond acceptors (Lipinski definition) is 9. The molecule has 0 saturated carbocycles. The molecule has 0 unspecified atom stereocenters. The normalized spacial score (nSPS) is 15.9. The molecule has 2 heterocycles. The standard InChI is InChI=1S/C26H30N6O4S/c1-18(2)24(26(33)36-3)30-25-21-9-4-5-10-22(21)28-23(29-25)17-31-11-13-32(14-12-31)37(34,35)20-8-6-7-19(15-20)16-27/h4-10,15,18,24H,11-14,17H2,1-3H3,(H,28,29,30)/t24-/m0/s1. The minimum Gasteiger partial charge on any atom is -0.467 e. The van der Waals surface area contributed by atoms with Crippen molar-refractivity contribution in [3.8, 4) is 6.07 Å². The SMILES string of the molecule is COC(=O)[C@@H](Nc1nc(CN2CCN(S(=O)(=O)c3cccc(C#N)c3)CC2)nc2ccccc12)C(C)C. The van der Waals surface area contributed by atoms with Gasteiger partial charge in [0.15, 0.2) is 0 Å². The Labute approximate surface area is 216 Å². The van der Waals surface area contributed by atoms with Crippen molar-refractivity contribution in [2.45, 2.75) is 31.3 Å². The van der Waals surface area contributed by atoms with Crippen LogP contribution in [0.5, 0.6) is 0 Å². The Kier molecular flexibility index (Phi) is 8.02. The molecule has 1 aliphatic heterocycles. The maximum absolute atomic E-state index is 13.1. The molecule has 10 nitrogen and oxygen atoms in total. The van der Waals surface area contributed by atoms with Crippen LogP contribution in [0, 0.1) is 17.2 Å². The first-order valence-electron chi connectivity index (χ1n) is 12.1.